The van der Waals surface area contributed by atoms with E-state index >= 15 is 0 Å². The molecule has 8 nitrogen and oxygen atoms in total. The van der Waals surface area contributed by atoms with Crippen LogP contribution < -0.4 is 14.9 Å². The van der Waals surface area contributed by atoms with Crippen LogP contribution in [0, 0.1) is 33.1 Å². The van der Waals surface area contributed by atoms with E-state index in [2.05, 4.69) is 71.9 Å². The predicted octanol–water partition coefficient (Wildman–Crippen LogP) is 7.80. The predicted molar refractivity (Wildman–Crippen MR) is 173 cm³/mol. The Labute approximate surface area is 269 Å². The highest BCUT2D eigenvalue weighted by atomic mass is 32.1. The van der Waals surface area contributed by atoms with Crippen molar-refractivity contribution < 1.29 is 22.7 Å². The number of urea groups is 1. The molecule has 2 heterocycles. The molecule has 5 aromatic rings. The number of hydrogen-bond acceptors (Lipinski definition) is 5. The molecular weight excluding hydrogens is 613 g/mol. The number of ether oxygens (including phenoxy) is 1. The number of nitrogens with one attached hydrogen (secondary N) is 1. The van der Waals surface area contributed by atoms with Gasteiger partial charge in [-0.2, -0.15) is 4.99 Å². The van der Waals surface area contributed by atoms with Gasteiger partial charge in [0.15, 0.2) is 10.6 Å². The highest BCUT2D eigenvalue weighted by Crippen LogP contribution is 2.26. The highest BCUT2D eigenvalue weighted by Gasteiger charge is 2.31. The molecule has 0 unspecified atom stereocenters. The molecule has 3 aromatic carbocycles. The summed E-state index contributed by atoms with van der Waals surface area (Å²) in [6.45, 7) is 12.8. The van der Waals surface area contributed by atoms with E-state index in [0.29, 0.717) is 29.3 Å². The normalized spacial score (nSPS) is 12.4. The first-order valence-electron chi connectivity index (χ1n) is 14.6. The van der Waals surface area contributed by atoms with Crippen molar-refractivity contribution in [1.29, 1.82) is 0 Å². The first kappa shape index (κ1) is 32.7. The Kier molecular flexibility index (Phi) is 9.20. The number of carbonyl (C=O) groups excluding carboxylic acids is 1. The monoisotopic (exact) mass is 648 g/mol. The first-order chi connectivity index (χ1) is 21.7. The average Bonchev–Trinajstić information content (AvgIpc) is 3.59. The van der Waals surface area contributed by atoms with Crippen LogP contribution >= 0.6 is 11.3 Å². The van der Waals surface area contributed by atoms with Crippen LogP contribution in [0.15, 0.2) is 77.4 Å². The standard InChI is InChI=1S/C34H35F3N6O2S/c1-21-15-22(2)29(23(3)16-21)43-24(4)18-46-32(43)40-31(44)38-19-33(5,6)17-25-7-9-26(10-8-25)30-39-20-42(41-30)27-11-13-28(14-12-27)45-34(35,36)37/h7-16,18,20H,17,19H2,1-6H3,(H,38,44). The molecule has 0 bridgehead atoms. The second-order valence-electron chi connectivity index (χ2n) is 12.1. The van der Waals surface area contributed by atoms with Gasteiger partial charge in [0.1, 0.15) is 12.1 Å². The zero-order valence-corrected chi connectivity index (χ0v) is 27.3. The number of halogens is 3. The number of benzene rings is 3. The Balaban J connectivity index is 1.21. The van der Waals surface area contributed by atoms with Crippen molar-refractivity contribution in [1.82, 2.24) is 24.6 Å². The Hall–Kier alpha value is -4.71. The zero-order chi connectivity index (χ0) is 33.2. The average molecular weight is 649 g/mol. The highest BCUT2D eigenvalue weighted by molar-refractivity contribution is 7.07. The molecular formula is C34H35F3N6O2S. The number of hydrogen-bond donors (Lipinski definition) is 1. The zero-order valence-electron chi connectivity index (χ0n) is 26.4. The third-order valence-corrected chi connectivity index (χ3v) is 8.32. The van der Waals surface area contributed by atoms with Gasteiger partial charge < -0.3 is 10.1 Å². The molecule has 2 aromatic heterocycles. The molecule has 0 radical (unpaired) electrons. The molecule has 1 N–H and O–H groups in total. The summed E-state index contributed by atoms with van der Waals surface area (Å²) in [7, 11) is 0. The number of aromatic nitrogens is 4. The molecule has 0 aliphatic carbocycles. The fourth-order valence-corrected chi connectivity index (χ4v) is 6.27. The quantitative estimate of drug-likeness (QED) is 0.186. The summed E-state index contributed by atoms with van der Waals surface area (Å²) in [5.41, 5.74) is 7.69. The molecule has 0 aliphatic rings. The summed E-state index contributed by atoms with van der Waals surface area (Å²) in [5.74, 6) is 0.172. The minimum atomic E-state index is -4.75. The Morgan fingerprint density at radius 2 is 1.63 bits per heavy atom. The van der Waals surface area contributed by atoms with Gasteiger partial charge in [0.05, 0.1) is 11.4 Å². The maximum Gasteiger partial charge on any atom is 0.573 e. The van der Waals surface area contributed by atoms with Gasteiger partial charge in [0, 0.05) is 23.2 Å². The number of rotatable bonds is 8. The van der Waals surface area contributed by atoms with Gasteiger partial charge in [-0.25, -0.2) is 14.5 Å². The van der Waals surface area contributed by atoms with Crippen LogP contribution in [0.3, 0.4) is 0 Å². The van der Waals surface area contributed by atoms with Crippen molar-refractivity contribution in [3.05, 3.63) is 105 Å². The lowest BCUT2D eigenvalue weighted by Gasteiger charge is -2.24. The van der Waals surface area contributed by atoms with Crippen LogP contribution in [-0.2, 0) is 6.42 Å². The maximum atomic E-state index is 13.0. The van der Waals surface area contributed by atoms with Crippen molar-refractivity contribution in [3.8, 4) is 28.5 Å². The molecule has 12 heteroatoms. The minimum absolute atomic E-state index is 0.250. The molecule has 5 rings (SSSR count). The topological polar surface area (TPSA) is 86.3 Å². The summed E-state index contributed by atoms with van der Waals surface area (Å²) in [5, 5.41) is 9.46. The van der Waals surface area contributed by atoms with Crippen molar-refractivity contribution in [2.45, 2.75) is 54.3 Å². The van der Waals surface area contributed by atoms with Gasteiger partial charge in [-0.15, -0.1) is 29.6 Å². The molecule has 0 saturated carbocycles. The molecule has 0 atom stereocenters. The van der Waals surface area contributed by atoms with E-state index in [1.54, 1.807) is 0 Å². The fourth-order valence-electron chi connectivity index (χ4n) is 5.42. The lowest BCUT2D eigenvalue weighted by molar-refractivity contribution is -0.274. The lowest BCUT2D eigenvalue weighted by atomic mass is 9.85. The van der Waals surface area contributed by atoms with Crippen LogP contribution in [0.2, 0.25) is 0 Å². The van der Waals surface area contributed by atoms with Gasteiger partial charge in [-0.1, -0.05) is 55.8 Å². The van der Waals surface area contributed by atoms with Gasteiger partial charge >= 0.3 is 12.4 Å². The molecule has 0 fully saturated rings. The van der Waals surface area contributed by atoms with E-state index in [1.807, 2.05) is 41.1 Å². The van der Waals surface area contributed by atoms with E-state index in [9.17, 15) is 18.0 Å². The number of nitrogens with zero attached hydrogens (tertiary/aromatic N) is 5. The number of carbonyl (C=O) groups is 1. The summed E-state index contributed by atoms with van der Waals surface area (Å²) in [6.07, 6.45) is -2.54. The fraction of sp³-hybridized carbons (Fsp3) is 0.294. The first-order valence-corrected chi connectivity index (χ1v) is 15.5. The Bertz CT molecular complexity index is 1900. The lowest BCUT2D eigenvalue weighted by Crippen LogP contribution is -2.35. The van der Waals surface area contributed by atoms with E-state index in [-0.39, 0.29) is 17.2 Å². The second-order valence-corrected chi connectivity index (χ2v) is 12.9. The number of amides is 2. The van der Waals surface area contributed by atoms with Crippen LogP contribution in [0.4, 0.5) is 18.0 Å². The van der Waals surface area contributed by atoms with Crippen molar-refractivity contribution in [3.63, 3.8) is 0 Å². The van der Waals surface area contributed by atoms with Gasteiger partial charge in [0.25, 0.3) is 0 Å². The van der Waals surface area contributed by atoms with E-state index in [4.69, 9.17) is 0 Å². The molecule has 2 amide bonds. The summed E-state index contributed by atoms with van der Waals surface area (Å²) in [6, 6.07) is 17.1. The maximum absolute atomic E-state index is 13.0. The SMILES string of the molecule is Cc1cc(C)c(-n2c(C)csc2=NC(=O)NCC(C)(C)Cc2ccc(-c3ncn(-c4ccc(OC(F)(F)F)cc4)n3)cc2)c(C)c1. The Morgan fingerprint density at radius 1 is 0.978 bits per heavy atom. The van der Waals surface area contributed by atoms with Crippen molar-refractivity contribution in [2.75, 3.05) is 6.54 Å². The number of thiazole rings is 1. The number of alkyl halides is 3. The summed E-state index contributed by atoms with van der Waals surface area (Å²) in [4.78, 5) is 22.4. The largest absolute Gasteiger partial charge is 0.573 e. The Morgan fingerprint density at radius 3 is 2.26 bits per heavy atom. The molecule has 46 heavy (non-hydrogen) atoms. The third-order valence-electron chi connectivity index (χ3n) is 7.37. The third kappa shape index (κ3) is 7.92. The van der Waals surface area contributed by atoms with Crippen LogP contribution in [0.1, 0.15) is 41.8 Å². The molecule has 240 valence electrons. The van der Waals surface area contributed by atoms with E-state index < -0.39 is 6.36 Å². The van der Waals surface area contributed by atoms with Gasteiger partial charge in [0.2, 0.25) is 0 Å². The summed E-state index contributed by atoms with van der Waals surface area (Å²) >= 11 is 1.44. The minimum Gasteiger partial charge on any atom is -0.406 e. The van der Waals surface area contributed by atoms with Crippen LogP contribution in [-0.4, -0.2) is 38.3 Å². The van der Waals surface area contributed by atoms with Crippen molar-refractivity contribution >= 4 is 17.4 Å². The molecule has 0 spiro atoms. The van der Waals surface area contributed by atoms with Crippen LogP contribution in [0.5, 0.6) is 5.75 Å². The van der Waals surface area contributed by atoms with E-state index in [0.717, 1.165) is 33.6 Å². The molecule has 0 aliphatic heterocycles. The number of aryl methyl sites for hydroxylation is 4. The molecule has 0 saturated heterocycles. The van der Waals surface area contributed by atoms with Crippen molar-refractivity contribution in [2.24, 2.45) is 10.4 Å². The van der Waals surface area contributed by atoms with Gasteiger partial charge in [-0.05, 0) is 80.5 Å². The van der Waals surface area contributed by atoms with Gasteiger partial charge in [-0.3, -0.25) is 4.57 Å². The van der Waals surface area contributed by atoms with Crippen LogP contribution in [0.25, 0.3) is 22.8 Å². The summed E-state index contributed by atoms with van der Waals surface area (Å²) < 4.78 is 44.8. The second kappa shape index (κ2) is 13.0. The smallest absolute Gasteiger partial charge is 0.406 e. The van der Waals surface area contributed by atoms with E-state index in [1.165, 1.54) is 52.2 Å².